The summed E-state index contributed by atoms with van der Waals surface area (Å²) in [6.07, 6.45) is 1.37. The van der Waals surface area contributed by atoms with E-state index in [-0.39, 0.29) is 23.2 Å². The van der Waals surface area contributed by atoms with E-state index in [1.165, 1.54) is 27.5 Å². The van der Waals surface area contributed by atoms with E-state index in [1.807, 2.05) is 0 Å². The van der Waals surface area contributed by atoms with Gasteiger partial charge in [0.1, 0.15) is 5.75 Å². The van der Waals surface area contributed by atoms with Crippen LogP contribution in [0.25, 0.3) is 0 Å². The second kappa shape index (κ2) is 6.01. The first kappa shape index (κ1) is 13.8. The molecule has 0 aliphatic rings. The maximum absolute atomic E-state index is 12.5. The summed E-state index contributed by atoms with van der Waals surface area (Å²) in [4.78, 5) is 20.6. The Morgan fingerprint density at radius 1 is 1.05 bits per heavy atom. The van der Waals surface area contributed by atoms with Crippen molar-refractivity contribution in [2.75, 3.05) is 21.3 Å². The third-order valence-electron chi connectivity index (χ3n) is 2.69. The standard InChI is InChI=1S/C14H14N2O4/c1-18-10-7-5-4-6-9(10)13(17)12-14(20-3)16-11(19-2)8-15-12/h4-8H,1-3H3. The second-order valence-electron chi connectivity index (χ2n) is 3.80. The Morgan fingerprint density at radius 3 is 2.45 bits per heavy atom. The molecule has 0 spiro atoms. The van der Waals surface area contributed by atoms with Crippen molar-refractivity contribution in [1.82, 2.24) is 9.97 Å². The fraction of sp³-hybridized carbons (Fsp3) is 0.214. The maximum Gasteiger partial charge on any atom is 0.247 e. The Morgan fingerprint density at radius 2 is 1.80 bits per heavy atom. The van der Waals surface area contributed by atoms with Crippen LogP contribution in [0.5, 0.6) is 17.5 Å². The van der Waals surface area contributed by atoms with Crippen molar-refractivity contribution < 1.29 is 19.0 Å². The number of hydrogen-bond acceptors (Lipinski definition) is 6. The Hall–Kier alpha value is -2.63. The molecule has 0 saturated heterocycles. The molecule has 1 aromatic carbocycles. The van der Waals surface area contributed by atoms with Crippen molar-refractivity contribution in [3.63, 3.8) is 0 Å². The number of hydrogen-bond donors (Lipinski definition) is 0. The van der Waals surface area contributed by atoms with Crippen LogP contribution in [0.4, 0.5) is 0 Å². The maximum atomic E-state index is 12.5. The third-order valence-corrected chi connectivity index (χ3v) is 2.69. The number of ketones is 1. The number of rotatable bonds is 5. The van der Waals surface area contributed by atoms with Gasteiger partial charge in [0, 0.05) is 0 Å². The average molecular weight is 274 g/mol. The summed E-state index contributed by atoms with van der Waals surface area (Å²) in [5.41, 5.74) is 0.505. The van der Waals surface area contributed by atoms with Crippen molar-refractivity contribution in [1.29, 1.82) is 0 Å². The summed E-state index contributed by atoms with van der Waals surface area (Å²) in [5, 5.41) is 0. The Balaban J connectivity index is 2.48. The van der Waals surface area contributed by atoms with Gasteiger partial charge >= 0.3 is 0 Å². The van der Waals surface area contributed by atoms with Gasteiger partial charge in [-0.15, -0.1) is 0 Å². The predicted octanol–water partition coefficient (Wildman–Crippen LogP) is 1.73. The van der Waals surface area contributed by atoms with Gasteiger partial charge in [0.2, 0.25) is 17.5 Å². The monoisotopic (exact) mass is 274 g/mol. The minimum atomic E-state index is -0.325. The largest absolute Gasteiger partial charge is 0.496 e. The third kappa shape index (κ3) is 2.54. The van der Waals surface area contributed by atoms with Crippen LogP contribution in [0.1, 0.15) is 16.1 Å². The molecular weight excluding hydrogens is 260 g/mol. The molecule has 2 aromatic rings. The van der Waals surface area contributed by atoms with Gasteiger partial charge in [-0.05, 0) is 12.1 Å². The predicted molar refractivity (Wildman–Crippen MR) is 71.6 cm³/mol. The first-order valence-corrected chi connectivity index (χ1v) is 5.84. The van der Waals surface area contributed by atoms with Gasteiger partial charge in [0.05, 0.1) is 33.1 Å². The SMILES string of the molecule is COc1cnc(C(=O)c2ccccc2OC)c(OC)n1. The molecule has 0 fully saturated rings. The zero-order chi connectivity index (χ0) is 14.5. The van der Waals surface area contributed by atoms with E-state index in [1.54, 1.807) is 24.3 Å². The molecule has 2 rings (SSSR count). The summed E-state index contributed by atoms with van der Waals surface area (Å²) in [6, 6.07) is 6.90. The van der Waals surface area contributed by atoms with Crippen LogP contribution >= 0.6 is 0 Å². The molecule has 20 heavy (non-hydrogen) atoms. The highest BCUT2D eigenvalue weighted by molar-refractivity contribution is 6.10. The van der Waals surface area contributed by atoms with Crippen molar-refractivity contribution in [2.45, 2.75) is 0 Å². The van der Waals surface area contributed by atoms with Crippen LogP contribution in [0.15, 0.2) is 30.5 Å². The van der Waals surface area contributed by atoms with Crippen molar-refractivity contribution in [2.24, 2.45) is 0 Å². The molecule has 0 N–H and O–H groups in total. The fourth-order valence-corrected chi connectivity index (χ4v) is 1.71. The van der Waals surface area contributed by atoms with E-state index in [0.717, 1.165) is 0 Å². The topological polar surface area (TPSA) is 70.5 Å². The highest BCUT2D eigenvalue weighted by atomic mass is 16.5. The first-order chi connectivity index (χ1) is 9.71. The van der Waals surface area contributed by atoms with E-state index in [9.17, 15) is 4.79 Å². The molecule has 0 saturated carbocycles. The molecule has 0 atom stereocenters. The van der Waals surface area contributed by atoms with Gasteiger partial charge in [0.15, 0.2) is 5.69 Å². The van der Waals surface area contributed by atoms with Gasteiger partial charge in [0.25, 0.3) is 0 Å². The molecule has 1 heterocycles. The Kier molecular flexibility index (Phi) is 4.14. The lowest BCUT2D eigenvalue weighted by Gasteiger charge is -2.09. The van der Waals surface area contributed by atoms with E-state index >= 15 is 0 Å². The molecule has 0 aliphatic heterocycles. The molecule has 0 unspecified atom stereocenters. The summed E-state index contributed by atoms with van der Waals surface area (Å²) in [6.45, 7) is 0. The second-order valence-corrected chi connectivity index (χ2v) is 3.80. The average Bonchev–Trinajstić information content (AvgIpc) is 2.53. The lowest BCUT2D eigenvalue weighted by atomic mass is 10.1. The first-order valence-electron chi connectivity index (χ1n) is 5.84. The summed E-state index contributed by atoms with van der Waals surface area (Å²) in [7, 11) is 4.39. The number of benzene rings is 1. The van der Waals surface area contributed by atoms with Gasteiger partial charge < -0.3 is 14.2 Å². The van der Waals surface area contributed by atoms with E-state index < -0.39 is 0 Å². The lowest BCUT2D eigenvalue weighted by Crippen LogP contribution is -2.10. The molecule has 6 nitrogen and oxygen atoms in total. The number of aromatic nitrogens is 2. The summed E-state index contributed by atoms with van der Waals surface area (Å²) < 4.78 is 15.2. The van der Waals surface area contributed by atoms with Crippen molar-refractivity contribution in [3.8, 4) is 17.5 Å². The quantitative estimate of drug-likeness (QED) is 0.773. The number of ether oxygens (including phenoxy) is 3. The number of methoxy groups -OCH3 is 3. The zero-order valence-electron chi connectivity index (χ0n) is 11.4. The molecule has 0 radical (unpaired) electrons. The summed E-state index contributed by atoms with van der Waals surface area (Å²) >= 11 is 0. The minimum absolute atomic E-state index is 0.109. The molecule has 0 bridgehead atoms. The van der Waals surface area contributed by atoms with Crippen LogP contribution in [0.2, 0.25) is 0 Å². The van der Waals surface area contributed by atoms with Gasteiger partial charge in [-0.25, -0.2) is 4.98 Å². The fourth-order valence-electron chi connectivity index (χ4n) is 1.71. The highest BCUT2D eigenvalue weighted by Gasteiger charge is 2.21. The van der Waals surface area contributed by atoms with Crippen LogP contribution < -0.4 is 14.2 Å². The van der Waals surface area contributed by atoms with E-state index in [4.69, 9.17) is 14.2 Å². The number of para-hydroxylation sites is 1. The zero-order valence-corrected chi connectivity index (χ0v) is 11.4. The molecule has 0 amide bonds. The molecule has 1 aromatic heterocycles. The van der Waals surface area contributed by atoms with Gasteiger partial charge in [-0.1, -0.05) is 12.1 Å². The van der Waals surface area contributed by atoms with Gasteiger partial charge in [-0.2, -0.15) is 4.98 Å². The van der Waals surface area contributed by atoms with Crippen LogP contribution in [0, 0.1) is 0 Å². The Bertz CT molecular complexity index is 628. The van der Waals surface area contributed by atoms with Crippen molar-refractivity contribution >= 4 is 5.78 Å². The summed E-state index contributed by atoms with van der Waals surface area (Å²) in [5.74, 6) is 0.533. The molecule has 6 heteroatoms. The molecule has 104 valence electrons. The molecule has 0 aliphatic carbocycles. The number of carbonyl (C=O) groups is 1. The van der Waals surface area contributed by atoms with Crippen molar-refractivity contribution in [3.05, 3.63) is 41.7 Å². The van der Waals surface area contributed by atoms with Gasteiger partial charge in [-0.3, -0.25) is 4.79 Å². The van der Waals surface area contributed by atoms with E-state index in [2.05, 4.69) is 9.97 Å². The normalized spacial score (nSPS) is 9.95. The van der Waals surface area contributed by atoms with E-state index in [0.29, 0.717) is 11.3 Å². The van der Waals surface area contributed by atoms with Crippen LogP contribution in [-0.2, 0) is 0 Å². The number of nitrogens with zero attached hydrogens (tertiary/aromatic N) is 2. The number of carbonyl (C=O) groups excluding carboxylic acids is 1. The minimum Gasteiger partial charge on any atom is -0.496 e. The molecular formula is C14H14N2O4. The Labute approximate surface area is 116 Å². The van der Waals surface area contributed by atoms with Crippen LogP contribution in [0.3, 0.4) is 0 Å². The highest BCUT2D eigenvalue weighted by Crippen LogP contribution is 2.25. The lowest BCUT2D eigenvalue weighted by molar-refractivity contribution is 0.102. The van der Waals surface area contributed by atoms with Crippen LogP contribution in [-0.4, -0.2) is 37.1 Å². The smallest absolute Gasteiger partial charge is 0.247 e.